The summed E-state index contributed by atoms with van der Waals surface area (Å²) < 4.78 is 32.5. The predicted molar refractivity (Wildman–Crippen MR) is 162 cm³/mol. The maximum atomic E-state index is 11.1. The molecule has 0 bridgehead atoms. The standard InChI is InChI=1S/C30H30ClN3O6S/c1-36-25-10-9-17(21-16-32-41-29(21)19-13-26(37-2)28(39-4)27(14-19)38-3)12-22(25)33-30(35)23(34-31)15-20-11-18-7-5-6-8-24(18)40-20/h5-14,16,23,30,33-35H,15H2,1-4H3/t23-,30?/m1/s1. The van der Waals surface area contributed by atoms with Crippen LogP contribution in [0.3, 0.4) is 0 Å². The van der Waals surface area contributed by atoms with Crippen LogP contribution >= 0.6 is 23.3 Å². The van der Waals surface area contributed by atoms with E-state index in [1.165, 1.54) is 11.5 Å². The number of hydrogen-bond acceptors (Lipinski definition) is 10. The molecule has 0 saturated carbocycles. The molecule has 0 saturated heterocycles. The number of nitrogens with zero attached hydrogens (tertiary/aromatic N) is 1. The summed E-state index contributed by atoms with van der Waals surface area (Å²) in [5.41, 5.74) is 3.98. The van der Waals surface area contributed by atoms with E-state index < -0.39 is 12.3 Å². The summed E-state index contributed by atoms with van der Waals surface area (Å²) in [4.78, 5) is 3.58. The van der Waals surface area contributed by atoms with Crippen LogP contribution in [0.5, 0.6) is 23.0 Å². The number of fused-ring (bicyclic) bond motifs is 1. The molecule has 0 amide bonds. The fourth-order valence-corrected chi connectivity index (χ4v) is 5.63. The lowest BCUT2D eigenvalue weighted by Gasteiger charge is -2.24. The van der Waals surface area contributed by atoms with E-state index in [-0.39, 0.29) is 0 Å². The maximum absolute atomic E-state index is 11.1. The summed E-state index contributed by atoms with van der Waals surface area (Å²) in [6.07, 6.45) is 1.09. The van der Waals surface area contributed by atoms with Crippen LogP contribution in [0.4, 0.5) is 5.69 Å². The van der Waals surface area contributed by atoms with Gasteiger partial charge in [-0.1, -0.05) is 24.3 Å². The number of nitrogens with one attached hydrogen (secondary N) is 2. The van der Waals surface area contributed by atoms with E-state index in [2.05, 4.69) is 14.5 Å². The first kappa shape index (κ1) is 28.6. The van der Waals surface area contributed by atoms with Gasteiger partial charge in [0, 0.05) is 29.1 Å². The van der Waals surface area contributed by atoms with Crippen LogP contribution in [0.1, 0.15) is 5.76 Å². The fraction of sp³-hybridized carbons (Fsp3) is 0.233. The summed E-state index contributed by atoms with van der Waals surface area (Å²) >= 11 is 7.41. The minimum absolute atomic E-state index is 0.355. The molecule has 0 aliphatic heterocycles. The molecule has 5 aromatic rings. The van der Waals surface area contributed by atoms with Crippen LogP contribution in [0.2, 0.25) is 0 Å². The maximum Gasteiger partial charge on any atom is 0.203 e. The second-order valence-corrected chi connectivity index (χ2v) is 10.2. The number of furan rings is 1. The molecule has 11 heteroatoms. The molecule has 3 N–H and O–H groups in total. The summed E-state index contributed by atoms with van der Waals surface area (Å²) in [5, 5.41) is 15.3. The Labute approximate surface area is 246 Å². The summed E-state index contributed by atoms with van der Waals surface area (Å²) in [7, 11) is 6.31. The van der Waals surface area contributed by atoms with Crippen molar-refractivity contribution in [1.82, 2.24) is 9.21 Å². The lowest BCUT2D eigenvalue weighted by molar-refractivity contribution is 0.161. The normalized spacial score (nSPS) is 12.6. The van der Waals surface area contributed by atoms with Crippen molar-refractivity contribution in [2.45, 2.75) is 18.7 Å². The van der Waals surface area contributed by atoms with Crippen LogP contribution in [-0.4, -0.2) is 50.2 Å². The van der Waals surface area contributed by atoms with Crippen molar-refractivity contribution in [2.75, 3.05) is 33.8 Å². The third kappa shape index (κ3) is 5.91. The number of ether oxygens (including phenoxy) is 4. The molecular formula is C30H30ClN3O6S. The number of hydrogen-bond donors (Lipinski definition) is 3. The van der Waals surface area contributed by atoms with Gasteiger partial charge in [-0.2, -0.15) is 4.37 Å². The highest BCUT2D eigenvalue weighted by molar-refractivity contribution is 7.10. The van der Waals surface area contributed by atoms with E-state index in [0.29, 0.717) is 40.9 Å². The summed E-state index contributed by atoms with van der Waals surface area (Å²) in [5.74, 6) is 2.86. The smallest absolute Gasteiger partial charge is 0.203 e. The van der Waals surface area contributed by atoms with Gasteiger partial charge >= 0.3 is 0 Å². The van der Waals surface area contributed by atoms with Crippen LogP contribution in [0, 0.1) is 0 Å². The number of methoxy groups -OCH3 is 4. The van der Waals surface area contributed by atoms with Gasteiger partial charge < -0.3 is 33.8 Å². The van der Waals surface area contributed by atoms with Crippen molar-refractivity contribution in [2.24, 2.45) is 0 Å². The van der Waals surface area contributed by atoms with E-state index in [1.54, 1.807) is 34.6 Å². The average molecular weight is 596 g/mol. The average Bonchev–Trinajstić information content (AvgIpc) is 3.66. The van der Waals surface area contributed by atoms with Gasteiger partial charge in [-0.3, -0.25) is 0 Å². The minimum Gasteiger partial charge on any atom is -0.495 e. The van der Waals surface area contributed by atoms with E-state index in [4.69, 9.17) is 35.1 Å². The van der Waals surface area contributed by atoms with E-state index in [1.807, 2.05) is 60.7 Å². The zero-order chi connectivity index (χ0) is 28.9. The van der Waals surface area contributed by atoms with Gasteiger partial charge in [-0.25, -0.2) is 4.84 Å². The molecule has 3 aromatic carbocycles. The van der Waals surface area contributed by atoms with Crippen molar-refractivity contribution in [3.05, 3.63) is 72.6 Å². The van der Waals surface area contributed by atoms with Gasteiger partial charge in [-0.05, 0) is 65.3 Å². The Morgan fingerprint density at radius 2 is 1.63 bits per heavy atom. The van der Waals surface area contributed by atoms with Gasteiger partial charge in [0.1, 0.15) is 23.3 Å². The molecule has 1 unspecified atom stereocenters. The van der Waals surface area contributed by atoms with Crippen molar-refractivity contribution >= 4 is 40.0 Å². The molecule has 0 radical (unpaired) electrons. The predicted octanol–water partition coefficient (Wildman–Crippen LogP) is 6.34. The van der Waals surface area contributed by atoms with Gasteiger partial charge in [0.05, 0.1) is 45.0 Å². The third-order valence-electron chi connectivity index (χ3n) is 6.73. The Hall–Kier alpha value is -3.96. The van der Waals surface area contributed by atoms with Gasteiger partial charge in [0.2, 0.25) is 5.75 Å². The zero-order valence-corrected chi connectivity index (χ0v) is 24.5. The Bertz CT molecular complexity index is 1580. The van der Waals surface area contributed by atoms with Gasteiger partial charge in [-0.15, -0.1) is 0 Å². The number of benzene rings is 3. The molecule has 2 atom stereocenters. The number of rotatable bonds is 12. The van der Waals surface area contributed by atoms with Crippen molar-refractivity contribution < 1.29 is 28.5 Å². The second kappa shape index (κ2) is 12.7. The minimum atomic E-state index is -1.07. The van der Waals surface area contributed by atoms with E-state index in [0.717, 1.165) is 32.5 Å². The number of aromatic nitrogens is 1. The van der Waals surface area contributed by atoms with E-state index in [9.17, 15) is 5.11 Å². The number of halogens is 1. The van der Waals surface area contributed by atoms with Crippen molar-refractivity contribution in [1.29, 1.82) is 0 Å². The van der Waals surface area contributed by atoms with Crippen LogP contribution in [0.15, 0.2) is 71.3 Å². The summed E-state index contributed by atoms with van der Waals surface area (Å²) in [6.45, 7) is 0. The Morgan fingerprint density at radius 1 is 0.902 bits per heavy atom. The topological polar surface area (TPSA) is 107 Å². The quantitative estimate of drug-likeness (QED) is 0.112. The number of para-hydroxylation sites is 1. The molecule has 41 heavy (non-hydrogen) atoms. The monoisotopic (exact) mass is 595 g/mol. The third-order valence-corrected chi connectivity index (χ3v) is 7.86. The van der Waals surface area contributed by atoms with Crippen molar-refractivity contribution in [3.8, 4) is 44.6 Å². The van der Waals surface area contributed by atoms with Gasteiger partial charge in [0.15, 0.2) is 11.5 Å². The second-order valence-electron chi connectivity index (χ2n) is 9.16. The first-order valence-electron chi connectivity index (χ1n) is 12.7. The summed E-state index contributed by atoms with van der Waals surface area (Å²) in [6, 6.07) is 18.6. The highest BCUT2D eigenvalue weighted by Crippen LogP contribution is 2.45. The van der Waals surface area contributed by atoms with Crippen LogP contribution in [-0.2, 0) is 6.42 Å². The molecule has 0 spiro atoms. The molecule has 2 aromatic heterocycles. The van der Waals surface area contributed by atoms with Gasteiger partial charge in [0.25, 0.3) is 0 Å². The van der Waals surface area contributed by atoms with Crippen LogP contribution in [0.25, 0.3) is 32.5 Å². The molecule has 0 fully saturated rings. The Morgan fingerprint density at radius 3 is 2.29 bits per heavy atom. The highest BCUT2D eigenvalue weighted by atomic mass is 35.5. The molecular weight excluding hydrogens is 566 g/mol. The zero-order valence-electron chi connectivity index (χ0n) is 22.9. The molecule has 0 aliphatic rings. The molecule has 2 heterocycles. The Balaban J connectivity index is 1.43. The molecule has 5 rings (SSSR count). The lowest BCUT2D eigenvalue weighted by Crippen LogP contribution is -2.41. The number of aliphatic hydroxyl groups is 1. The van der Waals surface area contributed by atoms with Crippen molar-refractivity contribution in [3.63, 3.8) is 0 Å². The highest BCUT2D eigenvalue weighted by Gasteiger charge is 2.23. The largest absolute Gasteiger partial charge is 0.495 e. The fourth-order valence-electron chi connectivity index (χ4n) is 4.68. The molecule has 214 valence electrons. The first-order valence-corrected chi connectivity index (χ1v) is 13.9. The number of anilines is 1. The first-order chi connectivity index (χ1) is 20.0. The molecule has 9 nitrogen and oxygen atoms in total. The Kier molecular flexibility index (Phi) is 8.84. The lowest BCUT2D eigenvalue weighted by atomic mass is 10.0. The SMILES string of the molecule is COc1ccc(-c2cnsc2-c2cc(OC)c(OC)c(OC)c2)cc1NC(O)[C@@H](Cc1cc2ccccc2o1)NCl. The molecule has 0 aliphatic carbocycles. The number of aliphatic hydroxyl groups excluding tert-OH is 1. The van der Waals surface area contributed by atoms with E-state index >= 15 is 0 Å². The van der Waals surface area contributed by atoms with Crippen LogP contribution < -0.4 is 29.1 Å².